The first-order chi connectivity index (χ1) is 5.88. The molecule has 76 valence electrons. The number of ether oxygens (including phenoxy) is 1. The van der Waals surface area contributed by atoms with Crippen molar-refractivity contribution in [1.29, 1.82) is 0 Å². The zero-order chi connectivity index (χ0) is 10.1. The molecule has 0 radical (unpaired) electrons. The molecule has 0 aromatic heterocycles. The van der Waals surface area contributed by atoms with Crippen molar-refractivity contribution in [2.45, 2.75) is 38.8 Å². The van der Waals surface area contributed by atoms with Crippen LogP contribution < -0.4 is 5.73 Å². The Balaban J connectivity index is 2.41. The molecule has 2 unspecified atom stereocenters. The van der Waals surface area contributed by atoms with E-state index in [9.17, 15) is 5.11 Å². The first kappa shape index (κ1) is 10.5. The van der Waals surface area contributed by atoms with Crippen LogP contribution >= 0.6 is 0 Å². The first-order valence-electron chi connectivity index (χ1n) is 4.44. The summed E-state index contributed by atoms with van der Waals surface area (Å²) in [5.41, 5.74) is 5.28. The maximum atomic E-state index is 9.60. The Kier molecular flexibility index (Phi) is 2.95. The summed E-state index contributed by atoms with van der Waals surface area (Å²) in [5, 5.41) is 9.60. The van der Waals surface area contributed by atoms with Gasteiger partial charge in [0.05, 0.1) is 5.60 Å². The van der Waals surface area contributed by atoms with Gasteiger partial charge in [-0.1, -0.05) is 0 Å². The zero-order valence-corrected chi connectivity index (χ0v) is 8.40. The van der Waals surface area contributed by atoms with Gasteiger partial charge in [0.15, 0.2) is 0 Å². The SMILES string of the molecule is CC(C)(C)OC(O)N1C=CC(N)C1. The Morgan fingerprint density at radius 3 is 2.62 bits per heavy atom. The van der Waals surface area contributed by atoms with Crippen molar-refractivity contribution >= 4 is 0 Å². The Morgan fingerprint density at radius 1 is 1.62 bits per heavy atom. The minimum atomic E-state index is -0.898. The summed E-state index contributed by atoms with van der Waals surface area (Å²) in [6.07, 6.45) is 2.71. The second-order valence-electron chi connectivity index (χ2n) is 4.26. The molecular formula is C9H18N2O2. The van der Waals surface area contributed by atoms with Crippen molar-refractivity contribution in [3.8, 4) is 0 Å². The fourth-order valence-electron chi connectivity index (χ4n) is 1.13. The molecule has 0 saturated carbocycles. The van der Waals surface area contributed by atoms with Gasteiger partial charge in [0.25, 0.3) is 0 Å². The Morgan fingerprint density at radius 2 is 2.23 bits per heavy atom. The largest absolute Gasteiger partial charge is 0.351 e. The number of nitrogens with zero attached hydrogens (tertiary/aromatic N) is 1. The van der Waals surface area contributed by atoms with Gasteiger partial charge in [-0.25, -0.2) is 0 Å². The molecule has 0 saturated heterocycles. The second-order valence-corrected chi connectivity index (χ2v) is 4.26. The molecule has 0 amide bonds. The Hall–Kier alpha value is -0.580. The first-order valence-corrected chi connectivity index (χ1v) is 4.44. The normalized spacial score (nSPS) is 25.3. The third kappa shape index (κ3) is 3.34. The summed E-state index contributed by atoms with van der Waals surface area (Å²) in [5.74, 6) is 0. The van der Waals surface area contributed by atoms with Crippen LogP contribution in [0.15, 0.2) is 12.3 Å². The number of rotatable bonds is 2. The summed E-state index contributed by atoms with van der Waals surface area (Å²) in [7, 11) is 0. The molecule has 0 fully saturated rings. The van der Waals surface area contributed by atoms with E-state index in [1.54, 1.807) is 11.1 Å². The molecule has 1 aliphatic heterocycles. The van der Waals surface area contributed by atoms with E-state index in [2.05, 4.69) is 0 Å². The minimum Gasteiger partial charge on any atom is -0.351 e. The van der Waals surface area contributed by atoms with Crippen LogP contribution in [0, 0.1) is 0 Å². The summed E-state index contributed by atoms with van der Waals surface area (Å²) in [4.78, 5) is 1.68. The van der Waals surface area contributed by atoms with E-state index in [4.69, 9.17) is 10.5 Å². The maximum Gasteiger partial charge on any atom is 0.238 e. The standard InChI is InChI=1S/C9H18N2O2/c1-9(2,3)13-8(12)11-5-4-7(10)6-11/h4-5,7-8,12H,6,10H2,1-3H3. The van der Waals surface area contributed by atoms with Crippen LogP contribution in [0.3, 0.4) is 0 Å². The lowest BCUT2D eigenvalue weighted by Crippen LogP contribution is -2.40. The minimum absolute atomic E-state index is 0.00165. The zero-order valence-electron chi connectivity index (χ0n) is 8.40. The molecule has 0 aromatic carbocycles. The van der Waals surface area contributed by atoms with Crippen molar-refractivity contribution in [3.05, 3.63) is 12.3 Å². The number of aliphatic hydroxyl groups excluding tert-OH is 1. The van der Waals surface area contributed by atoms with E-state index >= 15 is 0 Å². The lowest BCUT2D eigenvalue weighted by atomic mass is 10.2. The van der Waals surface area contributed by atoms with Crippen LogP contribution in [0.1, 0.15) is 20.8 Å². The number of hydrogen-bond donors (Lipinski definition) is 2. The predicted octanol–water partition coefficient (Wildman–Crippen LogP) is 0.234. The van der Waals surface area contributed by atoms with Crippen LogP contribution in [0.4, 0.5) is 0 Å². The van der Waals surface area contributed by atoms with E-state index in [-0.39, 0.29) is 11.6 Å². The van der Waals surface area contributed by atoms with Gasteiger partial charge in [-0.05, 0) is 26.8 Å². The predicted molar refractivity (Wildman–Crippen MR) is 50.7 cm³/mol. The van der Waals surface area contributed by atoms with E-state index in [1.165, 1.54) is 0 Å². The molecule has 2 atom stereocenters. The average Bonchev–Trinajstić information content (AvgIpc) is 2.31. The molecule has 0 aliphatic carbocycles. The van der Waals surface area contributed by atoms with Crippen LogP contribution in [0.2, 0.25) is 0 Å². The third-order valence-corrected chi connectivity index (χ3v) is 1.69. The van der Waals surface area contributed by atoms with Gasteiger partial charge in [0.1, 0.15) is 0 Å². The summed E-state index contributed by atoms with van der Waals surface area (Å²) in [6, 6.07) is -0.00165. The molecule has 1 aliphatic rings. The fourth-order valence-corrected chi connectivity index (χ4v) is 1.13. The van der Waals surface area contributed by atoms with E-state index in [0.717, 1.165) is 0 Å². The van der Waals surface area contributed by atoms with Crippen LogP contribution in [-0.4, -0.2) is 34.6 Å². The van der Waals surface area contributed by atoms with E-state index in [1.807, 2.05) is 26.8 Å². The maximum absolute atomic E-state index is 9.60. The van der Waals surface area contributed by atoms with Gasteiger partial charge in [0.2, 0.25) is 6.41 Å². The number of hydrogen-bond acceptors (Lipinski definition) is 4. The smallest absolute Gasteiger partial charge is 0.238 e. The van der Waals surface area contributed by atoms with Crippen molar-refractivity contribution in [3.63, 3.8) is 0 Å². The topological polar surface area (TPSA) is 58.7 Å². The van der Waals surface area contributed by atoms with Gasteiger partial charge in [-0.15, -0.1) is 0 Å². The molecule has 1 rings (SSSR count). The highest BCUT2D eigenvalue weighted by Gasteiger charge is 2.23. The molecule has 4 heteroatoms. The summed E-state index contributed by atoms with van der Waals surface area (Å²) < 4.78 is 5.34. The van der Waals surface area contributed by atoms with Crippen molar-refractivity contribution in [2.24, 2.45) is 5.73 Å². The van der Waals surface area contributed by atoms with Crippen LogP contribution in [0.25, 0.3) is 0 Å². The van der Waals surface area contributed by atoms with Gasteiger partial charge >= 0.3 is 0 Å². The Bertz CT molecular complexity index is 198. The molecule has 4 nitrogen and oxygen atoms in total. The highest BCUT2D eigenvalue weighted by molar-refractivity contribution is 5.00. The highest BCUT2D eigenvalue weighted by Crippen LogP contribution is 2.15. The van der Waals surface area contributed by atoms with Crippen molar-refractivity contribution < 1.29 is 9.84 Å². The monoisotopic (exact) mass is 186 g/mol. The molecule has 0 spiro atoms. The number of aliphatic hydroxyl groups is 1. The molecule has 0 aromatic rings. The molecule has 3 N–H and O–H groups in total. The lowest BCUT2D eigenvalue weighted by molar-refractivity contribution is -0.224. The van der Waals surface area contributed by atoms with Gasteiger partial charge < -0.3 is 20.5 Å². The molecule has 0 bridgehead atoms. The van der Waals surface area contributed by atoms with Crippen molar-refractivity contribution in [1.82, 2.24) is 4.90 Å². The molecular weight excluding hydrogens is 168 g/mol. The van der Waals surface area contributed by atoms with Gasteiger partial charge in [-0.2, -0.15) is 0 Å². The highest BCUT2D eigenvalue weighted by atomic mass is 16.6. The van der Waals surface area contributed by atoms with Gasteiger partial charge in [0, 0.05) is 18.8 Å². The summed E-state index contributed by atoms with van der Waals surface area (Å²) >= 11 is 0. The van der Waals surface area contributed by atoms with E-state index < -0.39 is 6.41 Å². The number of nitrogens with two attached hydrogens (primary N) is 1. The second kappa shape index (κ2) is 3.65. The lowest BCUT2D eigenvalue weighted by Gasteiger charge is -2.30. The average molecular weight is 186 g/mol. The summed E-state index contributed by atoms with van der Waals surface area (Å²) in [6.45, 7) is 6.30. The fraction of sp³-hybridized carbons (Fsp3) is 0.778. The van der Waals surface area contributed by atoms with Gasteiger partial charge in [-0.3, -0.25) is 0 Å². The van der Waals surface area contributed by atoms with Crippen molar-refractivity contribution in [2.75, 3.05) is 6.54 Å². The van der Waals surface area contributed by atoms with Crippen LogP contribution in [-0.2, 0) is 4.74 Å². The quantitative estimate of drug-likeness (QED) is 0.606. The van der Waals surface area contributed by atoms with Crippen LogP contribution in [0.5, 0.6) is 0 Å². The molecule has 13 heavy (non-hydrogen) atoms. The Labute approximate surface area is 79.0 Å². The molecule has 1 heterocycles. The van der Waals surface area contributed by atoms with E-state index in [0.29, 0.717) is 6.54 Å². The third-order valence-electron chi connectivity index (χ3n) is 1.69.